The third-order valence-corrected chi connectivity index (χ3v) is 4.54. The molecule has 0 N–H and O–H groups in total. The summed E-state index contributed by atoms with van der Waals surface area (Å²) in [5.41, 5.74) is 3.09. The molecule has 3 rings (SSSR count). The van der Waals surface area contributed by atoms with E-state index >= 15 is 0 Å². The van der Waals surface area contributed by atoms with Crippen LogP contribution in [0.15, 0.2) is 12.3 Å². The Morgan fingerprint density at radius 1 is 1.19 bits per heavy atom. The molecular formula is C15H22BN3O2. The van der Waals surface area contributed by atoms with Gasteiger partial charge in [0.15, 0.2) is 5.65 Å². The molecule has 21 heavy (non-hydrogen) atoms. The maximum absolute atomic E-state index is 6.07. The molecule has 1 saturated heterocycles. The molecule has 1 fully saturated rings. The lowest BCUT2D eigenvalue weighted by Gasteiger charge is -2.32. The highest BCUT2D eigenvalue weighted by Gasteiger charge is 2.52. The van der Waals surface area contributed by atoms with Crippen molar-refractivity contribution in [2.45, 2.75) is 59.2 Å². The third kappa shape index (κ3) is 2.26. The van der Waals surface area contributed by atoms with Crippen LogP contribution in [0.1, 0.15) is 45.9 Å². The van der Waals surface area contributed by atoms with Gasteiger partial charge in [-0.2, -0.15) is 5.10 Å². The zero-order valence-electron chi connectivity index (χ0n) is 13.6. The van der Waals surface area contributed by atoms with Crippen molar-refractivity contribution in [3.63, 3.8) is 0 Å². The molecule has 0 atom stereocenters. The normalized spacial score (nSPS) is 20.4. The first-order chi connectivity index (χ1) is 9.73. The SMILES string of the molecule is CCc1cn2nc(B3OC(C)(C)C(C)(C)O3)cc(C)c2n1. The fourth-order valence-electron chi connectivity index (χ4n) is 2.45. The van der Waals surface area contributed by atoms with Crippen molar-refractivity contribution in [1.29, 1.82) is 0 Å². The summed E-state index contributed by atoms with van der Waals surface area (Å²) in [6, 6.07) is 2.00. The lowest BCUT2D eigenvalue weighted by Crippen LogP contribution is -2.41. The predicted molar refractivity (Wildman–Crippen MR) is 82.8 cm³/mol. The van der Waals surface area contributed by atoms with Crippen molar-refractivity contribution in [3.05, 3.63) is 23.5 Å². The maximum atomic E-state index is 6.07. The minimum atomic E-state index is -0.439. The van der Waals surface area contributed by atoms with Crippen LogP contribution in [0, 0.1) is 6.92 Å². The molecule has 0 unspecified atom stereocenters. The highest BCUT2D eigenvalue weighted by molar-refractivity contribution is 6.61. The van der Waals surface area contributed by atoms with Gasteiger partial charge in [-0.15, -0.1) is 0 Å². The van der Waals surface area contributed by atoms with E-state index in [9.17, 15) is 0 Å². The second-order valence-corrected chi connectivity index (χ2v) is 6.69. The number of nitrogens with zero attached hydrogens (tertiary/aromatic N) is 3. The van der Waals surface area contributed by atoms with E-state index in [-0.39, 0.29) is 11.2 Å². The molecule has 5 nitrogen and oxygen atoms in total. The Kier molecular flexibility index (Phi) is 3.15. The molecule has 0 saturated carbocycles. The van der Waals surface area contributed by atoms with Gasteiger partial charge in [0.2, 0.25) is 0 Å². The molecule has 1 aliphatic rings. The van der Waals surface area contributed by atoms with E-state index in [1.54, 1.807) is 0 Å². The van der Waals surface area contributed by atoms with Crippen LogP contribution in [-0.2, 0) is 15.7 Å². The Morgan fingerprint density at radius 3 is 2.38 bits per heavy atom. The van der Waals surface area contributed by atoms with Crippen molar-refractivity contribution < 1.29 is 9.31 Å². The van der Waals surface area contributed by atoms with E-state index in [2.05, 4.69) is 17.0 Å². The summed E-state index contributed by atoms with van der Waals surface area (Å²) in [7, 11) is -0.439. The zero-order chi connectivity index (χ0) is 15.4. The Balaban J connectivity index is 2.02. The summed E-state index contributed by atoms with van der Waals surface area (Å²) in [4.78, 5) is 4.57. The van der Waals surface area contributed by atoms with E-state index in [0.717, 1.165) is 28.9 Å². The Morgan fingerprint density at radius 2 is 1.81 bits per heavy atom. The molecule has 0 bridgehead atoms. The van der Waals surface area contributed by atoms with E-state index < -0.39 is 7.12 Å². The van der Waals surface area contributed by atoms with Crippen LogP contribution in [0.25, 0.3) is 5.65 Å². The monoisotopic (exact) mass is 287 g/mol. The molecule has 3 heterocycles. The van der Waals surface area contributed by atoms with E-state index in [1.807, 2.05) is 51.4 Å². The Labute approximate surface area is 125 Å². The summed E-state index contributed by atoms with van der Waals surface area (Å²) in [5, 5.41) is 4.62. The molecule has 0 radical (unpaired) electrons. The third-order valence-electron chi connectivity index (χ3n) is 4.54. The number of imidazole rings is 1. The molecule has 0 spiro atoms. The Hall–Kier alpha value is -1.40. The van der Waals surface area contributed by atoms with Gasteiger partial charge in [-0.3, -0.25) is 0 Å². The fraction of sp³-hybridized carbons (Fsp3) is 0.600. The number of aromatic nitrogens is 3. The molecule has 0 amide bonds. The summed E-state index contributed by atoms with van der Waals surface area (Å²) in [5.74, 6) is 0. The second kappa shape index (κ2) is 4.55. The molecule has 2 aromatic heterocycles. The van der Waals surface area contributed by atoms with Gasteiger partial charge in [-0.25, -0.2) is 9.50 Å². The fourth-order valence-corrected chi connectivity index (χ4v) is 2.45. The average molecular weight is 287 g/mol. The lowest BCUT2D eigenvalue weighted by atomic mass is 9.84. The van der Waals surface area contributed by atoms with Crippen LogP contribution in [0.5, 0.6) is 0 Å². The molecule has 6 heteroatoms. The van der Waals surface area contributed by atoms with Gasteiger partial charge < -0.3 is 9.31 Å². The van der Waals surface area contributed by atoms with Gasteiger partial charge in [-0.05, 0) is 52.7 Å². The highest BCUT2D eigenvalue weighted by atomic mass is 16.7. The number of hydrogen-bond donors (Lipinski definition) is 0. The van der Waals surface area contributed by atoms with Crippen LogP contribution in [0.2, 0.25) is 0 Å². The first-order valence-electron chi connectivity index (χ1n) is 7.45. The molecular weight excluding hydrogens is 265 g/mol. The summed E-state index contributed by atoms with van der Waals surface area (Å²) in [6.45, 7) is 12.3. The van der Waals surface area contributed by atoms with Gasteiger partial charge in [0.25, 0.3) is 0 Å². The van der Waals surface area contributed by atoms with Crippen LogP contribution < -0.4 is 5.59 Å². The van der Waals surface area contributed by atoms with Gasteiger partial charge in [0.1, 0.15) is 0 Å². The molecule has 2 aromatic rings. The lowest BCUT2D eigenvalue weighted by molar-refractivity contribution is 0.00578. The Bertz CT molecular complexity index is 678. The van der Waals surface area contributed by atoms with Crippen LogP contribution >= 0.6 is 0 Å². The largest absolute Gasteiger partial charge is 0.516 e. The smallest absolute Gasteiger partial charge is 0.398 e. The predicted octanol–water partition coefficient (Wildman–Crippen LogP) is 1.90. The van der Waals surface area contributed by atoms with E-state index in [1.165, 1.54) is 0 Å². The van der Waals surface area contributed by atoms with Gasteiger partial charge in [-0.1, -0.05) is 6.92 Å². The highest BCUT2D eigenvalue weighted by Crippen LogP contribution is 2.36. The molecule has 0 aromatic carbocycles. The zero-order valence-corrected chi connectivity index (χ0v) is 13.6. The quantitative estimate of drug-likeness (QED) is 0.792. The minimum absolute atomic E-state index is 0.355. The van der Waals surface area contributed by atoms with Crippen molar-refractivity contribution >= 4 is 18.4 Å². The molecule has 112 valence electrons. The van der Waals surface area contributed by atoms with Crippen molar-refractivity contribution in [2.75, 3.05) is 0 Å². The maximum Gasteiger partial charge on any atom is 0.516 e. The van der Waals surface area contributed by atoms with Crippen molar-refractivity contribution in [2.24, 2.45) is 0 Å². The summed E-state index contributed by atoms with van der Waals surface area (Å²) in [6.07, 6.45) is 2.87. The van der Waals surface area contributed by atoms with Gasteiger partial charge in [0.05, 0.1) is 28.7 Å². The second-order valence-electron chi connectivity index (χ2n) is 6.69. The first kappa shape index (κ1) is 14.5. The van der Waals surface area contributed by atoms with Crippen LogP contribution in [-0.4, -0.2) is 32.9 Å². The van der Waals surface area contributed by atoms with Crippen molar-refractivity contribution in [3.8, 4) is 0 Å². The summed E-state index contributed by atoms with van der Waals surface area (Å²) < 4.78 is 14.0. The van der Waals surface area contributed by atoms with E-state index in [4.69, 9.17) is 9.31 Å². The standard InChI is InChI=1S/C15H22BN3O2/c1-7-11-9-19-13(17-11)10(2)8-12(18-19)16-20-14(3,4)15(5,6)21-16/h8-9H,7H2,1-6H3. The van der Waals surface area contributed by atoms with E-state index in [0.29, 0.717) is 0 Å². The molecule has 1 aliphatic heterocycles. The van der Waals surface area contributed by atoms with Gasteiger partial charge in [0, 0.05) is 0 Å². The van der Waals surface area contributed by atoms with Crippen LogP contribution in [0.3, 0.4) is 0 Å². The minimum Gasteiger partial charge on any atom is -0.398 e. The topological polar surface area (TPSA) is 48.7 Å². The number of rotatable bonds is 2. The van der Waals surface area contributed by atoms with Crippen LogP contribution in [0.4, 0.5) is 0 Å². The summed E-state index contributed by atoms with van der Waals surface area (Å²) >= 11 is 0. The first-order valence-corrected chi connectivity index (χ1v) is 7.45. The van der Waals surface area contributed by atoms with Gasteiger partial charge >= 0.3 is 7.12 Å². The molecule has 0 aliphatic carbocycles. The van der Waals surface area contributed by atoms with Crippen molar-refractivity contribution in [1.82, 2.24) is 14.6 Å². The average Bonchev–Trinajstić information content (AvgIpc) is 2.89. The number of fused-ring (bicyclic) bond motifs is 1. The number of aryl methyl sites for hydroxylation is 2. The number of hydrogen-bond acceptors (Lipinski definition) is 4.